The van der Waals surface area contributed by atoms with E-state index in [9.17, 15) is 13.2 Å². The quantitative estimate of drug-likeness (QED) is 0.245. The topological polar surface area (TPSA) is 95.7 Å². The van der Waals surface area contributed by atoms with Crippen molar-refractivity contribution in [3.8, 4) is 5.75 Å². The van der Waals surface area contributed by atoms with Gasteiger partial charge in [-0.3, -0.25) is 4.79 Å². The molecule has 0 spiro atoms. The van der Waals surface area contributed by atoms with Gasteiger partial charge >= 0.3 is 5.97 Å². The largest absolute Gasteiger partial charge is 0.494 e. The van der Waals surface area contributed by atoms with E-state index >= 15 is 0 Å². The summed E-state index contributed by atoms with van der Waals surface area (Å²) < 4.78 is 32.7. The smallest absolute Gasteiger partial charge is 0.305 e. The Hall–Kier alpha value is -1.60. The second kappa shape index (κ2) is 16.1. The number of esters is 1. The molecule has 0 aliphatic carbocycles. The van der Waals surface area contributed by atoms with Crippen LogP contribution in [0, 0.1) is 0 Å². The summed E-state index contributed by atoms with van der Waals surface area (Å²) in [7, 11) is -2.20. The number of carbonyl (C=O) groups excluding carboxylic acids is 1. The second-order valence-corrected chi connectivity index (χ2v) is 9.35. The summed E-state index contributed by atoms with van der Waals surface area (Å²) in [5.41, 5.74) is 0. The highest BCUT2D eigenvalue weighted by molar-refractivity contribution is 7.89. The first kappa shape index (κ1) is 26.4. The number of ether oxygens (including phenoxy) is 2. The maximum absolute atomic E-state index is 11.2. The molecule has 30 heavy (non-hydrogen) atoms. The number of carbonyl (C=O) groups is 1. The maximum Gasteiger partial charge on any atom is 0.305 e. The number of unbranched alkanes of at least 4 members (excludes halogenated alkanes) is 12. The lowest BCUT2D eigenvalue weighted by Gasteiger charge is -2.07. The highest BCUT2D eigenvalue weighted by atomic mass is 32.2. The van der Waals surface area contributed by atoms with Crippen molar-refractivity contribution in [2.45, 2.75) is 94.8 Å². The first-order chi connectivity index (χ1) is 14.4. The average Bonchev–Trinajstić information content (AvgIpc) is 2.72. The minimum atomic E-state index is -3.64. The summed E-state index contributed by atoms with van der Waals surface area (Å²) in [5.74, 6) is 0.575. The van der Waals surface area contributed by atoms with Gasteiger partial charge in [0.05, 0.1) is 18.6 Å². The van der Waals surface area contributed by atoms with Crippen molar-refractivity contribution in [2.75, 3.05) is 13.7 Å². The molecular weight excluding hydrogens is 402 g/mol. The Morgan fingerprint density at radius 3 is 1.63 bits per heavy atom. The van der Waals surface area contributed by atoms with E-state index in [4.69, 9.17) is 9.88 Å². The molecule has 7 heteroatoms. The van der Waals surface area contributed by atoms with Crippen LogP contribution in [0.15, 0.2) is 29.2 Å². The number of methoxy groups -OCH3 is 1. The van der Waals surface area contributed by atoms with Crippen molar-refractivity contribution in [2.24, 2.45) is 5.14 Å². The summed E-state index contributed by atoms with van der Waals surface area (Å²) in [6.45, 7) is 0.647. The summed E-state index contributed by atoms with van der Waals surface area (Å²) >= 11 is 0. The van der Waals surface area contributed by atoms with Crippen molar-refractivity contribution in [3.05, 3.63) is 24.3 Å². The van der Waals surface area contributed by atoms with E-state index < -0.39 is 10.0 Å². The van der Waals surface area contributed by atoms with Gasteiger partial charge in [-0.25, -0.2) is 13.6 Å². The van der Waals surface area contributed by atoms with Crippen LogP contribution in [0.1, 0.15) is 89.9 Å². The summed E-state index contributed by atoms with van der Waals surface area (Å²) in [6, 6.07) is 6.22. The lowest BCUT2D eigenvalue weighted by atomic mass is 10.0. The molecular formula is C23H39NO5S. The van der Waals surface area contributed by atoms with Gasteiger partial charge in [-0.2, -0.15) is 0 Å². The molecule has 0 bridgehead atoms. The van der Waals surface area contributed by atoms with Crippen molar-refractivity contribution < 1.29 is 22.7 Å². The fourth-order valence-electron chi connectivity index (χ4n) is 3.33. The van der Waals surface area contributed by atoms with Crippen molar-refractivity contribution in [1.82, 2.24) is 0 Å². The normalized spacial score (nSPS) is 11.4. The number of benzene rings is 1. The van der Waals surface area contributed by atoms with Crippen LogP contribution >= 0.6 is 0 Å². The molecule has 0 saturated heterocycles. The molecule has 1 rings (SSSR count). The molecule has 0 aromatic heterocycles. The first-order valence-corrected chi connectivity index (χ1v) is 12.8. The minimum Gasteiger partial charge on any atom is -0.494 e. The van der Waals surface area contributed by atoms with E-state index in [2.05, 4.69) is 4.74 Å². The van der Waals surface area contributed by atoms with Crippen LogP contribution in [0.25, 0.3) is 0 Å². The average molecular weight is 442 g/mol. The van der Waals surface area contributed by atoms with E-state index in [0.717, 1.165) is 25.7 Å². The zero-order valence-corrected chi connectivity index (χ0v) is 19.3. The van der Waals surface area contributed by atoms with Crippen LogP contribution in [0.2, 0.25) is 0 Å². The molecule has 172 valence electrons. The predicted octanol–water partition coefficient (Wildman–Crippen LogP) is 5.35. The van der Waals surface area contributed by atoms with E-state index in [0.29, 0.717) is 18.8 Å². The minimum absolute atomic E-state index is 0.0975. The van der Waals surface area contributed by atoms with E-state index in [1.807, 2.05) is 0 Å². The SMILES string of the molecule is COC(=O)CCCCCCCCCCCCCCCOc1ccc(S(N)(=O)=O)cc1. The Bertz CT molecular complexity index is 673. The Morgan fingerprint density at radius 1 is 0.767 bits per heavy atom. The van der Waals surface area contributed by atoms with E-state index in [1.165, 1.54) is 77.0 Å². The molecule has 0 unspecified atom stereocenters. The molecule has 0 aliphatic rings. The number of sulfonamides is 1. The van der Waals surface area contributed by atoms with Gasteiger partial charge in [0.1, 0.15) is 5.75 Å². The monoisotopic (exact) mass is 441 g/mol. The fourth-order valence-corrected chi connectivity index (χ4v) is 3.85. The second-order valence-electron chi connectivity index (χ2n) is 7.79. The third-order valence-corrected chi connectivity index (χ3v) is 6.10. The van der Waals surface area contributed by atoms with Gasteiger partial charge in [0, 0.05) is 6.42 Å². The van der Waals surface area contributed by atoms with Gasteiger partial charge in [0.2, 0.25) is 10.0 Å². The Kier molecular flexibility index (Phi) is 14.2. The number of rotatable bonds is 18. The van der Waals surface area contributed by atoms with Crippen LogP contribution in [0.4, 0.5) is 0 Å². The van der Waals surface area contributed by atoms with Gasteiger partial charge in [-0.05, 0) is 37.1 Å². The van der Waals surface area contributed by atoms with Crippen molar-refractivity contribution >= 4 is 16.0 Å². The summed E-state index contributed by atoms with van der Waals surface area (Å²) in [5, 5.41) is 5.07. The zero-order valence-electron chi connectivity index (χ0n) is 18.4. The maximum atomic E-state index is 11.2. The van der Waals surface area contributed by atoms with Crippen LogP contribution in [-0.2, 0) is 19.6 Å². The molecule has 0 heterocycles. The van der Waals surface area contributed by atoms with Gasteiger partial charge in [-0.15, -0.1) is 0 Å². The summed E-state index contributed by atoms with van der Waals surface area (Å²) in [6.07, 6.45) is 16.3. The highest BCUT2D eigenvalue weighted by Gasteiger charge is 2.06. The van der Waals surface area contributed by atoms with Gasteiger partial charge in [0.25, 0.3) is 0 Å². The molecule has 0 saturated carbocycles. The molecule has 0 aliphatic heterocycles. The third kappa shape index (κ3) is 13.6. The molecule has 0 atom stereocenters. The lowest BCUT2D eigenvalue weighted by molar-refractivity contribution is -0.140. The van der Waals surface area contributed by atoms with Crippen LogP contribution in [-0.4, -0.2) is 28.1 Å². The lowest BCUT2D eigenvalue weighted by Crippen LogP contribution is -2.11. The fraction of sp³-hybridized carbons (Fsp3) is 0.696. The van der Waals surface area contributed by atoms with Gasteiger partial charge in [0.15, 0.2) is 0 Å². The molecule has 0 radical (unpaired) electrons. The molecule has 0 amide bonds. The predicted molar refractivity (Wildman–Crippen MR) is 120 cm³/mol. The number of hydrogen-bond acceptors (Lipinski definition) is 5. The summed E-state index contributed by atoms with van der Waals surface area (Å²) in [4.78, 5) is 11.1. The van der Waals surface area contributed by atoms with Gasteiger partial charge in [-0.1, -0.05) is 70.6 Å². The van der Waals surface area contributed by atoms with Crippen LogP contribution in [0.3, 0.4) is 0 Å². The molecule has 6 nitrogen and oxygen atoms in total. The van der Waals surface area contributed by atoms with Crippen molar-refractivity contribution in [3.63, 3.8) is 0 Å². The zero-order chi connectivity index (χ0) is 22.1. The van der Waals surface area contributed by atoms with Crippen molar-refractivity contribution in [1.29, 1.82) is 0 Å². The number of primary sulfonamides is 1. The Balaban J connectivity index is 1.84. The van der Waals surface area contributed by atoms with Crippen LogP contribution in [0.5, 0.6) is 5.75 Å². The third-order valence-electron chi connectivity index (χ3n) is 5.17. The highest BCUT2D eigenvalue weighted by Crippen LogP contribution is 2.16. The standard InChI is InChI=1S/C23H39NO5S/c1-28-23(25)15-13-11-9-7-5-3-2-4-6-8-10-12-14-20-29-21-16-18-22(19-17-21)30(24,26)27/h16-19H,2-15,20H2,1H3,(H2,24,26,27). The van der Waals surface area contributed by atoms with E-state index in [1.54, 1.807) is 12.1 Å². The molecule has 1 aromatic carbocycles. The molecule has 1 aromatic rings. The first-order valence-electron chi connectivity index (χ1n) is 11.3. The molecule has 0 fully saturated rings. The number of nitrogens with two attached hydrogens (primary N) is 1. The number of hydrogen-bond donors (Lipinski definition) is 1. The van der Waals surface area contributed by atoms with Crippen LogP contribution < -0.4 is 9.88 Å². The van der Waals surface area contributed by atoms with Gasteiger partial charge < -0.3 is 9.47 Å². The Labute approximate surface area is 182 Å². The van der Waals surface area contributed by atoms with E-state index in [-0.39, 0.29) is 10.9 Å². The molecule has 2 N–H and O–H groups in total. The Morgan fingerprint density at radius 2 is 1.20 bits per heavy atom.